The lowest BCUT2D eigenvalue weighted by atomic mass is 9.96. The Labute approximate surface area is 241 Å². The van der Waals surface area contributed by atoms with Crippen molar-refractivity contribution in [3.8, 4) is 0 Å². The zero-order valence-electron chi connectivity index (χ0n) is 24.7. The standard InChI is InChI=1S/C28H46N4O7S/c1-7-20(34)15-29-27(38)18(4)14-25(36)22(16-40-6)30-26(37)11-10-24(35)21(13-17(2)3)31-28(39)23-9-8-12-32(23)19(5)33/h17-18,21-23H,7-16H2,1-6H3,(H,29,38)(H,30,37)(H,31,39)/t18-,21+,22+,23+/m1/s1. The van der Waals surface area contributed by atoms with Crippen LogP contribution in [0.4, 0.5) is 0 Å². The minimum absolute atomic E-state index is 0.0826. The first-order valence-electron chi connectivity index (χ1n) is 14.0. The number of Topliss-reactive ketones (excluding diaryl/α,β-unsaturated/α-hetero) is 3. The van der Waals surface area contributed by atoms with Crippen LogP contribution >= 0.6 is 11.8 Å². The van der Waals surface area contributed by atoms with Crippen molar-refractivity contribution >= 4 is 52.7 Å². The second-order valence-electron chi connectivity index (χ2n) is 10.8. The lowest BCUT2D eigenvalue weighted by molar-refractivity contribution is -0.138. The first-order valence-corrected chi connectivity index (χ1v) is 15.4. The highest BCUT2D eigenvalue weighted by atomic mass is 32.2. The Morgan fingerprint density at radius 1 is 0.950 bits per heavy atom. The molecule has 0 unspecified atom stereocenters. The number of hydrogen-bond acceptors (Lipinski definition) is 8. The number of nitrogens with zero attached hydrogens (tertiary/aromatic N) is 1. The van der Waals surface area contributed by atoms with E-state index in [-0.39, 0.29) is 60.9 Å². The van der Waals surface area contributed by atoms with Gasteiger partial charge in [0.1, 0.15) is 6.04 Å². The summed E-state index contributed by atoms with van der Waals surface area (Å²) in [7, 11) is 0. The van der Waals surface area contributed by atoms with E-state index in [0.29, 0.717) is 31.6 Å². The molecular formula is C28H46N4O7S. The number of ketones is 3. The number of nitrogens with one attached hydrogen (secondary N) is 3. The fourth-order valence-electron chi connectivity index (χ4n) is 4.51. The molecule has 40 heavy (non-hydrogen) atoms. The Morgan fingerprint density at radius 2 is 1.62 bits per heavy atom. The molecule has 0 aromatic carbocycles. The minimum atomic E-state index is -0.823. The second-order valence-corrected chi connectivity index (χ2v) is 11.7. The fraction of sp³-hybridized carbons (Fsp3) is 0.750. The van der Waals surface area contributed by atoms with E-state index in [1.165, 1.54) is 23.6 Å². The van der Waals surface area contributed by atoms with Gasteiger partial charge in [-0.2, -0.15) is 11.8 Å². The molecule has 226 valence electrons. The van der Waals surface area contributed by atoms with Gasteiger partial charge in [0.2, 0.25) is 23.6 Å². The molecule has 0 aromatic rings. The van der Waals surface area contributed by atoms with Crippen LogP contribution in [0, 0.1) is 11.8 Å². The smallest absolute Gasteiger partial charge is 0.243 e. The van der Waals surface area contributed by atoms with Crippen molar-refractivity contribution in [1.82, 2.24) is 20.9 Å². The predicted octanol–water partition coefficient (Wildman–Crippen LogP) is 1.42. The molecule has 0 bridgehead atoms. The summed E-state index contributed by atoms with van der Waals surface area (Å²) in [5.74, 6) is -2.38. The number of carbonyl (C=O) groups is 7. The Balaban J connectivity index is 2.70. The van der Waals surface area contributed by atoms with Crippen molar-refractivity contribution in [3.63, 3.8) is 0 Å². The maximum absolute atomic E-state index is 13.0. The van der Waals surface area contributed by atoms with Crippen LogP contribution in [0.15, 0.2) is 0 Å². The quantitative estimate of drug-likeness (QED) is 0.219. The maximum atomic E-state index is 13.0. The third-order valence-electron chi connectivity index (χ3n) is 6.84. The van der Waals surface area contributed by atoms with E-state index in [1.807, 2.05) is 13.8 Å². The first-order chi connectivity index (χ1) is 18.8. The molecule has 4 atom stereocenters. The molecule has 0 aliphatic carbocycles. The van der Waals surface area contributed by atoms with Crippen LogP contribution in [0.1, 0.15) is 79.6 Å². The van der Waals surface area contributed by atoms with Crippen molar-refractivity contribution in [2.75, 3.05) is 25.1 Å². The lowest BCUT2D eigenvalue weighted by Gasteiger charge is -2.26. The van der Waals surface area contributed by atoms with E-state index in [4.69, 9.17) is 0 Å². The van der Waals surface area contributed by atoms with Gasteiger partial charge < -0.3 is 20.9 Å². The Hall–Kier alpha value is -2.76. The van der Waals surface area contributed by atoms with Gasteiger partial charge in [-0.25, -0.2) is 0 Å². The molecule has 12 heteroatoms. The number of hydrogen-bond donors (Lipinski definition) is 3. The van der Waals surface area contributed by atoms with Gasteiger partial charge in [-0.15, -0.1) is 0 Å². The van der Waals surface area contributed by atoms with Crippen LogP contribution in [0.2, 0.25) is 0 Å². The highest BCUT2D eigenvalue weighted by Gasteiger charge is 2.34. The van der Waals surface area contributed by atoms with Crippen molar-refractivity contribution in [2.45, 2.75) is 97.7 Å². The number of amides is 4. The van der Waals surface area contributed by atoms with Crippen molar-refractivity contribution < 1.29 is 33.6 Å². The molecule has 0 saturated carbocycles. The van der Waals surface area contributed by atoms with E-state index < -0.39 is 35.9 Å². The molecule has 1 saturated heterocycles. The summed E-state index contributed by atoms with van der Waals surface area (Å²) in [5, 5.41) is 8.01. The van der Waals surface area contributed by atoms with Crippen LogP contribution in [-0.2, 0) is 33.6 Å². The van der Waals surface area contributed by atoms with Crippen LogP contribution in [0.3, 0.4) is 0 Å². The van der Waals surface area contributed by atoms with Crippen LogP contribution in [-0.4, -0.2) is 89.1 Å². The molecule has 0 radical (unpaired) electrons. The monoisotopic (exact) mass is 582 g/mol. The summed E-state index contributed by atoms with van der Waals surface area (Å²) in [6, 6.07) is -2.20. The average molecular weight is 583 g/mol. The summed E-state index contributed by atoms with van der Waals surface area (Å²) in [5.41, 5.74) is 0. The molecule has 0 spiro atoms. The van der Waals surface area contributed by atoms with Gasteiger partial charge in [0.05, 0.1) is 18.6 Å². The van der Waals surface area contributed by atoms with Crippen LogP contribution < -0.4 is 16.0 Å². The molecule has 1 rings (SSSR count). The number of rotatable bonds is 18. The molecule has 1 aliphatic rings. The number of carbonyl (C=O) groups excluding carboxylic acids is 7. The van der Waals surface area contributed by atoms with Gasteiger partial charge in [-0.1, -0.05) is 27.7 Å². The Morgan fingerprint density at radius 3 is 2.20 bits per heavy atom. The normalized spacial score (nSPS) is 17.1. The number of likely N-dealkylation sites (tertiary alicyclic amines) is 1. The van der Waals surface area contributed by atoms with Gasteiger partial charge in [-0.05, 0) is 31.4 Å². The summed E-state index contributed by atoms with van der Waals surface area (Å²) in [6.07, 6.45) is 3.39. The summed E-state index contributed by atoms with van der Waals surface area (Å²) >= 11 is 1.37. The molecule has 11 nitrogen and oxygen atoms in total. The zero-order valence-corrected chi connectivity index (χ0v) is 25.5. The van der Waals surface area contributed by atoms with Crippen LogP contribution in [0.5, 0.6) is 0 Å². The van der Waals surface area contributed by atoms with Gasteiger partial charge in [0.15, 0.2) is 17.3 Å². The Bertz CT molecular complexity index is 940. The van der Waals surface area contributed by atoms with E-state index >= 15 is 0 Å². The van der Waals surface area contributed by atoms with Crippen molar-refractivity contribution in [3.05, 3.63) is 0 Å². The van der Waals surface area contributed by atoms with Gasteiger partial charge in [-0.3, -0.25) is 33.6 Å². The minimum Gasteiger partial charge on any atom is -0.349 e. The third kappa shape index (κ3) is 12.2. The molecule has 4 amide bonds. The predicted molar refractivity (Wildman–Crippen MR) is 153 cm³/mol. The van der Waals surface area contributed by atoms with Crippen molar-refractivity contribution in [2.24, 2.45) is 11.8 Å². The van der Waals surface area contributed by atoms with Gasteiger partial charge in [0.25, 0.3) is 0 Å². The fourth-order valence-corrected chi connectivity index (χ4v) is 5.11. The summed E-state index contributed by atoms with van der Waals surface area (Å²) < 4.78 is 0. The summed E-state index contributed by atoms with van der Waals surface area (Å²) in [4.78, 5) is 88.5. The molecular weight excluding hydrogens is 536 g/mol. The number of thioether (sulfide) groups is 1. The molecule has 1 fully saturated rings. The molecule has 1 aliphatic heterocycles. The highest BCUT2D eigenvalue weighted by molar-refractivity contribution is 7.98. The summed E-state index contributed by atoms with van der Waals surface area (Å²) in [6.45, 7) is 8.99. The van der Waals surface area contributed by atoms with E-state index in [9.17, 15) is 33.6 Å². The first kappa shape index (κ1) is 35.3. The van der Waals surface area contributed by atoms with E-state index in [1.54, 1.807) is 20.1 Å². The molecule has 1 heterocycles. The Kier molecular flexibility index (Phi) is 15.7. The maximum Gasteiger partial charge on any atom is 0.243 e. The third-order valence-corrected chi connectivity index (χ3v) is 7.50. The van der Waals surface area contributed by atoms with Gasteiger partial charge in [0, 0.05) is 50.8 Å². The SMILES string of the molecule is CCC(=O)CNC(=O)[C@H](C)CC(=O)[C@H](CSC)NC(=O)CCC(=O)[C@H](CC(C)C)NC(=O)[C@@H]1CCCN1C(C)=O. The topological polar surface area (TPSA) is 159 Å². The molecule has 0 aromatic heterocycles. The lowest BCUT2D eigenvalue weighted by Crippen LogP contribution is -2.51. The highest BCUT2D eigenvalue weighted by Crippen LogP contribution is 2.19. The van der Waals surface area contributed by atoms with E-state index in [0.717, 1.165) is 6.42 Å². The zero-order chi connectivity index (χ0) is 30.4. The molecule has 3 N–H and O–H groups in total. The van der Waals surface area contributed by atoms with Crippen molar-refractivity contribution in [1.29, 1.82) is 0 Å². The van der Waals surface area contributed by atoms with Crippen LogP contribution in [0.25, 0.3) is 0 Å². The average Bonchev–Trinajstić information content (AvgIpc) is 3.39. The second kappa shape index (κ2) is 17.8. The van der Waals surface area contributed by atoms with E-state index in [2.05, 4.69) is 16.0 Å². The van der Waals surface area contributed by atoms with Gasteiger partial charge >= 0.3 is 0 Å². The largest absolute Gasteiger partial charge is 0.349 e.